The molecule has 66 valence electrons. The molecule has 1 nitrogen and oxygen atoms in total. The van der Waals surface area contributed by atoms with Gasteiger partial charge < -0.3 is 5.32 Å². The Balaban J connectivity index is 2.87. The molecule has 12 heavy (non-hydrogen) atoms. The number of hydrogen-bond acceptors (Lipinski definition) is 1. The summed E-state index contributed by atoms with van der Waals surface area (Å²) in [5.41, 5.74) is 4.21. The Hall–Kier alpha value is -0.820. The fourth-order valence-electron chi connectivity index (χ4n) is 1.37. The molecule has 0 atom stereocenters. The average Bonchev–Trinajstić information content (AvgIpc) is 2.09. The molecular formula is C11H17N. The van der Waals surface area contributed by atoms with Crippen LogP contribution in [-0.2, 0) is 13.0 Å². The summed E-state index contributed by atoms with van der Waals surface area (Å²) in [4.78, 5) is 0. The summed E-state index contributed by atoms with van der Waals surface area (Å²) in [6.45, 7) is 5.33. The van der Waals surface area contributed by atoms with Crippen LogP contribution in [0.3, 0.4) is 0 Å². The van der Waals surface area contributed by atoms with E-state index in [4.69, 9.17) is 0 Å². The molecule has 0 unspecified atom stereocenters. The lowest BCUT2D eigenvalue weighted by atomic mass is 10.0. The van der Waals surface area contributed by atoms with Gasteiger partial charge in [-0.25, -0.2) is 0 Å². The normalized spacial score (nSPS) is 10.2. The first-order valence-corrected chi connectivity index (χ1v) is 4.51. The lowest BCUT2D eigenvalue weighted by molar-refractivity contribution is 0.811. The van der Waals surface area contributed by atoms with E-state index in [1.807, 2.05) is 7.05 Å². The Morgan fingerprint density at radius 3 is 2.58 bits per heavy atom. The van der Waals surface area contributed by atoms with Crippen LogP contribution in [0.4, 0.5) is 0 Å². The molecule has 0 aliphatic carbocycles. The predicted octanol–water partition coefficient (Wildman–Crippen LogP) is 2.28. The quantitative estimate of drug-likeness (QED) is 0.721. The van der Waals surface area contributed by atoms with E-state index in [1.165, 1.54) is 16.7 Å². The zero-order chi connectivity index (χ0) is 8.97. The van der Waals surface area contributed by atoms with E-state index in [-0.39, 0.29) is 0 Å². The fraction of sp³-hybridized carbons (Fsp3) is 0.455. The first-order chi connectivity index (χ1) is 5.77. The molecule has 0 radical (unpaired) electrons. The van der Waals surface area contributed by atoms with Gasteiger partial charge >= 0.3 is 0 Å². The predicted molar refractivity (Wildman–Crippen MR) is 53.3 cm³/mol. The average molecular weight is 163 g/mol. The molecule has 1 N–H and O–H groups in total. The van der Waals surface area contributed by atoms with Gasteiger partial charge in [-0.1, -0.05) is 25.1 Å². The van der Waals surface area contributed by atoms with Crippen LogP contribution in [0.25, 0.3) is 0 Å². The van der Waals surface area contributed by atoms with E-state index in [1.54, 1.807) is 0 Å². The molecule has 0 fully saturated rings. The minimum absolute atomic E-state index is 0.968. The summed E-state index contributed by atoms with van der Waals surface area (Å²) in [7, 11) is 1.98. The topological polar surface area (TPSA) is 12.0 Å². The standard InChI is InChI=1S/C11H17N/c1-4-10-5-6-11(8-12-3)9(2)7-10/h5-7,12H,4,8H2,1-3H3. The largest absolute Gasteiger partial charge is 0.316 e. The van der Waals surface area contributed by atoms with Crippen molar-refractivity contribution in [1.82, 2.24) is 5.32 Å². The van der Waals surface area contributed by atoms with E-state index in [2.05, 4.69) is 37.4 Å². The molecule has 0 spiro atoms. The van der Waals surface area contributed by atoms with Crippen LogP contribution in [0.15, 0.2) is 18.2 Å². The Kier molecular flexibility index (Phi) is 3.30. The highest BCUT2D eigenvalue weighted by molar-refractivity contribution is 5.30. The van der Waals surface area contributed by atoms with Crippen molar-refractivity contribution in [1.29, 1.82) is 0 Å². The van der Waals surface area contributed by atoms with Gasteiger partial charge in [-0.3, -0.25) is 0 Å². The van der Waals surface area contributed by atoms with Crippen LogP contribution < -0.4 is 5.32 Å². The van der Waals surface area contributed by atoms with Gasteiger partial charge in [0.2, 0.25) is 0 Å². The minimum Gasteiger partial charge on any atom is -0.316 e. The monoisotopic (exact) mass is 163 g/mol. The van der Waals surface area contributed by atoms with Crippen LogP contribution in [0.5, 0.6) is 0 Å². The van der Waals surface area contributed by atoms with Crippen molar-refractivity contribution in [2.45, 2.75) is 26.8 Å². The minimum atomic E-state index is 0.968. The summed E-state index contributed by atoms with van der Waals surface area (Å²) in [6.07, 6.45) is 1.13. The number of nitrogens with one attached hydrogen (secondary N) is 1. The Morgan fingerprint density at radius 1 is 1.33 bits per heavy atom. The van der Waals surface area contributed by atoms with Gasteiger partial charge in [0.15, 0.2) is 0 Å². The number of aryl methyl sites for hydroxylation is 2. The Bertz CT molecular complexity index is 253. The second-order valence-electron chi connectivity index (χ2n) is 3.14. The molecule has 0 bridgehead atoms. The molecule has 1 rings (SSSR count). The maximum absolute atomic E-state index is 3.16. The highest BCUT2D eigenvalue weighted by atomic mass is 14.8. The van der Waals surface area contributed by atoms with Crippen molar-refractivity contribution in [3.05, 3.63) is 34.9 Å². The molecule has 1 heteroatoms. The molecule has 1 aromatic rings. The summed E-state index contributed by atoms with van der Waals surface area (Å²) < 4.78 is 0. The van der Waals surface area contributed by atoms with Gasteiger partial charge in [0.05, 0.1) is 0 Å². The first kappa shape index (κ1) is 9.27. The van der Waals surface area contributed by atoms with E-state index in [0.717, 1.165) is 13.0 Å². The third kappa shape index (κ3) is 2.08. The first-order valence-electron chi connectivity index (χ1n) is 4.51. The lowest BCUT2D eigenvalue weighted by Crippen LogP contribution is -2.06. The van der Waals surface area contributed by atoms with Crippen LogP contribution in [0, 0.1) is 6.92 Å². The molecule has 0 aliphatic heterocycles. The second kappa shape index (κ2) is 4.27. The van der Waals surface area contributed by atoms with Crippen molar-refractivity contribution in [3.63, 3.8) is 0 Å². The molecule has 0 aliphatic rings. The molecular weight excluding hydrogens is 146 g/mol. The van der Waals surface area contributed by atoms with Crippen molar-refractivity contribution in [2.24, 2.45) is 0 Å². The van der Waals surface area contributed by atoms with Crippen molar-refractivity contribution < 1.29 is 0 Å². The molecule has 0 amide bonds. The Labute approximate surface area is 74.8 Å². The smallest absolute Gasteiger partial charge is 0.0205 e. The zero-order valence-corrected chi connectivity index (χ0v) is 8.15. The van der Waals surface area contributed by atoms with E-state index >= 15 is 0 Å². The Morgan fingerprint density at radius 2 is 2.08 bits per heavy atom. The third-order valence-corrected chi connectivity index (χ3v) is 2.18. The van der Waals surface area contributed by atoms with Gasteiger partial charge in [-0.15, -0.1) is 0 Å². The van der Waals surface area contributed by atoms with E-state index in [9.17, 15) is 0 Å². The SMILES string of the molecule is CCc1ccc(CNC)c(C)c1. The molecule has 0 saturated carbocycles. The summed E-state index contributed by atoms with van der Waals surface area (Å²) in [5, 5.41) is 3.16. The van der Waals surface area contributed by atoms with Gasteiger partial charge in [-0.2, -0.15) is 0 Å². The van der Waals surface area contributed by atoms with Crippen LogP contribution in [0.1, 0.15) is 23.6 Å². The fourth-order valence-corrected chi connectivity index (χ4v) is 1.37. The summed E-state index contributed by atoms with van der Waals surface area (Å²) in [5.74, 6) is 0. The van der Waals surface area contributed by atoms with Crippen LogP contribution in [0.2, 0.25) is 0 Å². The number of rotatable bonds is 3. The van der Waals surface area contributed by atoms with Gasteiger partial charge in [-0.05, 0) is 37.1 Å². The zero-order valence-electron chi connectivity index (χ0n) is 8.15. The summed E-state index contributed by atoms with van der Waals surface area (Å²) in [6, 6.07) is 6.69. The number of benzene rings is 1. The number of hydrogen-bond donors (Lipinski definition) is 1. The van der Waals surface area contributed by atoms with Crippen molar-refractivity contribution in [2.75, 3.05) is 7.05 Å². The van der Waals surface area contributed by atoms with E-state index in [0.29, 0.717) is 0 Å². The molecule has 1 aromatic carbocycles. The molecule has 0 heterocycles. The second-order valence-corrected chi connectivity index (χ2v) is 3.14. The van der Waals surface area contributed by atoms with Crippen LogP contribution >= 0.6 is 0 Å². The lowest BCUT2D eigenvalue weighted by Gasteiger charge is -2.06. The maximum Gasteiger partial charge on any atom is 0.0205 e. The molecule has 0 aromatic heterocycles. The summed E-state index contributed by atoms with van der Waals surface area (Å²) >= 11 is 0. The van der Waals surface area contributed by atoms with Crippen molar-refractivity contribution >= 4 is 0 Å². The third-order valence-electron chi connectivity index (χ3n) is 2.18. The highest BCUT2D eigenvalue weighted by Crippen LogP contribution is 2.11. The van der Waals surface area contributed by atoms with Gasteiger partial charge in [0, 0.05) is 6.54 Å². The highest BCUT2D eigenvalue weighted by Gasteiger charge is 1.97. The van der Waals surface area contributed by atoms with Gasteiger partial charge in [0.25, 0.3) is 0 Å². The molecule has 0 saturated heterocycles. The van der Waals surface area contributed by atoms with Crippen LogP contribution in [-0.4, -0.2) is 7.05 Å². The van der Waals surface area contributed by atoms with E-state index < -0.39 is 0 Å². The van der Waals surface area contributed by atoms with Crippen molar-refractivity contribution in [3.8, 4) is 0 Å². The maximum atomic E-state index is 3.16. The van der Waals surface area contributed by atoms with Gasteiger partial charge in [0.1, 0.15) is 0 Å².